The summed E-state index contributed by atoms with van der Waals surface area (Å²) in [5, 5.41) is 3.14. The summed E-state index contributed by atoms with van der Waals surface area (Å²) in [6.45, 7) is 6.91. The number of nitrogens with one attached hydrogen (secondary N) is 1. The number of benzene rings is 1. The quantitative estimate of drug-likeness (QED) is 0.825. The fourth-order valence-corrected chi connectivity index (χ4v) is 3.88. The van der Waals surface area contributed by atoms with Gasteiger partial charge in [-0.2, -0.15) is 0 Å². The number of amides is 1. The molecular formula is C20H31N3O2. The number of anilines is 1. The van der Waals surface area contributed by atoms with Gasteiger partial charge in [0.25, 0.3) is 0 Å². The maximum absolute atomic E-state index is 12.7. The summed E-state index contributed by atoms with van der Waals surface area (Å²) in [5.41, 5.74) is 2.21. The molecule has 0 aromatic heterocycles. The Labute approximate surface area is 151 Å². The standard InChI is InChI=1S/C20H31N3O2/c1-25-13-12-23-11-5-7-18(16-23)20(24)21-19-8-4-6-17(14-19)15-22-9-2-3-10-22/h4,6,8,14,18H,2-3,5,7,9-13,15-16H2,1H3,(H,21,24). The molecule has 1 unspecified atom stereocenters. The van der Waals surface area contributed by atoms with Crippen molar-refractivity contribution in [2.45, 2.75) is 32.2 Å². The van der Waals surface area contributed by atoms with Crippen molar-refractivity contribution in [3.8, 4) is 0 Å². The van der Waals surface area contributed by atoms with Gasteiger partial charge >= 0.3 is 0 Å². The second-order valence-corrected chi connectivity index (χ2v) is 7.31. The van der Waals surface area contributed by atoms with E-state index >= 15 is 0 Å². The molecule has 2 heterocycles. The first-order valence-corrected chi connectivity index (χ1v) is 9.58. The molecule has 0 aliphatic carbocycles. The number of piperidine rings is 1. The number of likely N-dealkylation sites (tertiary alicyclic amines) is 2. The SMILES string of the molecule is COCCN1CCCC(C(=O)Nc2cccc(CN3CCCC3)c2)C1. The Morgan fingerprint density at radius 3 is 2.80 bits per heavy atom. The summed E-state index contributed by atoms with van der Waals surface area (Å²) in [6, 6.07) is 8.33. The zero-order chi connectivity index (χ0) is 17.5. The number of carbonyl (C=O) groups excluding carboxylic acids is 1. The van der Waals surface area contributed by atoms with Crippen LogP contribution in [0.2, 0.25) is 0 Å². The number of carbonyl (C=O) groups is 1. The van der Waals surface area contributed by atoms with Crippen molar-refractivity contribution >= 4 is 11.6 Å². The first kappa shape index (κ1) is 18.4. The molecule has 0 bridgehead atoms. The second-order valence-electron chi connectivity index (χ2n) is 7.31. The molecule has 1 amide bonds. The van der Waals surface area contributed by atoms with E-state index in [0.717, 1.165) is 51.3 Å². The van der Waals surface area contributed by atoms with E-state index in [9.17, 15) is 4.79 Å². The molecule has 2 saturated heterocycles. The Morgan fingerprint density at radius 1 is 1.20 bits per heavy atom. The van der Waals surface area contributed by atoms with Gasteiger partial charge in [-0.25, -0.2) is 0 Å². The van der Waals surface area contributed by atoms with Gasteiger partial charge in [-0.3, -0.25) is 9.69 Å². The minimum atomic E-state index is 0.0767. The largest absolute Gasteiger partial charge is 0.383 e. The van der Waals surface area contributed by atoms with E-state index in [4.69, 9.17) is 4.74 Å². The van der Waals surface area contributed by atoms with Crippen molar-refractivity contribution in [2.24, 2.45) is 5.92 Å². The van der Waals surface area contributed by atoms with Gasteiger partial charge in [-0.05, 0) is 63.0 Å². The van der Waals surface area contributed by atoms with Gasteiger partial charge in [0.1, 0.15) is 0 Å². The van der Waals surface area contributed by atoms with Crippen LogP contribution in [0.25, 0.3) is 0 Å². The molecule has 2 aliphatic rings. The first-order chi connectivity index (χ1) is 12.2. The predicted molar refractivity (Wildman–Crippen MR) is 101 cm³/mol. The van der Waals surface area contributed by atoms with Crippen molar-refractivity contribution < 1.29 is 9.53 Å². The van der Waals surface area contributed by atoms with Crippen LogP contribution in [0.4, 0.5) is 5.69 Å². The zero-order valence-electron chi connectivity index (χ0n) is 15.4. The fourth-order valence-electron chi connectivity index (χ4n) is 3.88. The van der Waals surface area contributed by atoms with Crippen LogP contribution in [0, 0.1) is 5.92 Å². The number of hydrogen-bond donors (Lipinski definition) is 1. The highest BCUT2D eigenvalue weighted by atomic mass is 16.5. The van der Waals surface area contributed by atoms with E-state index in [1.54, 1.807) is 7.11 Å². The van der Waals surface area contributed by atoms with Crippen LogP contribution < -0.4 is 5.32 Å². The van der Waals surface area contributed by atoms with E-state index in [-0.39, 0.29) is 11.8 Å². The van der Waals surface area contributed by atoms with Gasteiger partial charge in [0, 0.05) is 32.4 Å². The number of rotatable bonds is 7. The van der Waals surface area contributed by atoms with E-state index in [1.807, 2.05) is 12.1 Å². The summed E-state index contributed by atoms with van der Waals surface area (Å²) in [4.78, 5) is 17.5. The first-order valence-electron chi connectivity index (χ1n) is 9.58. The van der Waals surface area contributed by atoms with Crippen molar-refractivity contribution in [1.29, 1.82) is 0 Å². The van der Waals surface area contributed by atoms with E-state index in [2.05, 4.69) is 27.2 Å². The van der Waals surface area contributed by atoms with Gasteiger partial charge in [0.05, 0.1) is 12.5 Å². The molecule has 1 atom stereocenters. The highest BCUT2D eigenvalue weighted by molar-refractivity contribution is 5.92. The Bertz CT molecular complexity index is 558. The molecule has 0 radical (unpaired) electrons. The van der Waals surface area contributed by atoms with Crippen molar-refractivity contribution in [2.75, 3.05) is 51.8 Å². The highest BCUT2D eigenvalue weighted by Crippen LogP contribution is 2.20. The lowest BCUT2D eigenvalue weighted by Gasteiger charge is -2.31. The van der Waals surface area contributed by atoms with Crippen molar-refractivity contribution in [3.05, 3.63) is 29.8 Å². The van der Waals surface area contributed by atoms with Crippen molar-refractivity contribution in [1.82, 2.24) is 9.80 Å². The summed E-state index contributed by atoms with van der Waals surface area (Å²) in [5.74, 6) is 0.230. The molecule has 1 N–H and O–H groups in total. The summed E-state index contributed by atoms with van der Waals surface area (Å²) < 4.78 is 5.16. The maximum Gasteiger partial charge on any atom is 0.228 e. The molecule has 25 heavy (non-hydrogen) atoms. The van der Waals surface area contributed by atoms with Crippen LogP contribution in [0.5, 0.6) is 0 Å². The predicted octanol–water partition coefficient (Wildman–Crippen LogP) is 2.58. The molecule has 5 nitrogen and oxygen atoms in total. The minimum absolute atomic E-state index is 0.0767. The van der Waals surface area contributed by atoms with Gasteiger partial charge < -0.3 is 15.0 Å². The number of ether oxygens (including phenoxy) is 1. The van der Waals surface area contributed by atoms with Crippen LogP contribution in [0.3, 0.4) is 0 Å². The van der Waals surface area contributed by atoms with E-state index < -0.39 is 0 Å². The van der Waals surface area contributed by atoms with E-state index in [1.165, 1.54) is 31.5 Å². The second kappa shape index (κ2) is 9.32. The molecular weight excluding hydrogens is 314 g/mol. The van der Waals surface area contributed by atoms with Crippen molar-refractivity contribution in [3.63, 3.8) is 0 Å². The number of nitrogens with zero attached hydrogens (tertiary/aromatic N) is 2. The number of hydrogen-bond acceptors (Lipinski definition) is 4. The van der Waals surface area contributed by atoms with Crippen LogP contribution in [-0.4, -0.2) is 62.1 Å². The highest BCUT2D eigenvalue weighted by Gasteiger charge is 2.25. The average Bonchev–Trinajstić information content (AvgIpc) is 3.13. The Morgan fingerprint density at radius 2 is 2.00 bits per heavy atom. The van der Waals surface area contributed by atoms with Gasteiger partial charge in [0.2, 0.25) is 5.91 Å². The summed E-state index contributed by atoms with van der Waals surface area (Å²) >= 11 is 0. The lowest BCUT2D eigenvalue weighted by atomic mass is 9.97. The zero-order valence-corrected chi connectivity index (χ0v) is 15.4. The van der Waals surface area contributed by atoms with Gasteiger partial charge in [-0.1, -0.05) is 12.1 Å². The average molecular weight is 345 g/mol. The lowest BCUT2D eigenvalue weighted by molar-refractivity contribution is -0.121. The van der Waals surface area contributed by atoms with E-state index in [0.29, 0.717) is 0 Å². The van der Waals surface area contributed by atoms with Gasteiger partial charge in [-0.15, -0.1) is 0 Å². The molecule has 0 spiro atoms. The number of methoxy groups -OCH3 is 1. The maximum atomic E-state index is 12.7. The monoisotopic (exact) mass is 345 g/mol. The molecule has 1 aromatic carbocycles. The summed E-state index contributed by atoms with van der Waals surface area (Å²) in [7, 11) is 1.73. The molecule has 138 valence electrons. The van der Waals surface area contributed by atoms with Crippen LogP contribution in [-0.2, 0) is 16.1 Å². The molecule has 2 fully saturated rings. The summed E-state index contributed by atoms with van der Waals surface area (Å²) in [6.07, 6.45) is 4.66. The normalized spacial score (nSPS) is 22.2. The van der Waals surface area contributed by atoms with Crippen LogP contribution in [0.1, 0.15) is 31.2 Å². The molecule has 3 rings (SSSR count). The van der Waals surface area contributed by atoms with Crippen LogP contribution >= 0.6 is 0 Å². The Balaban J connectivity index is 1.53. The third kappa shape index (κ3) is 5.53. The lowest BCUT2D eigenvalue weighted by Crippen LogP contribution is -2.42. The molecule has 5 heteroatoms. The van der Waals surface area contributed by atoms with Gasteiger partial charge in [0.15, 0.2) is 0 Å². The molecule has 2 aliphatic heterocycles. The fraction of sp³-hybridized carbons (Fsp3) is 0.650. The molecule has 1 aromatic rings. The van der Waals surface area contributed by atoms with Crippen LogP contribution in [0.15, 0.2) is 24.3 Å². The third-order valence-corrected chi connectivity index (χ3v) is 5.29. The third-order valence-electron chi connectivity index (χ3n) is 5.29. The topological polar surface area (TPSA) is 44.8 Å². The Hall–Kier alpha value is -1.43. The minimum Gasteiger partial charge on any atom is -0.383 e. The Kier molecular flexibility index (Phi) is 6.84. The smallest absolute Gasteiger partial charge is 0.228 e. The molecule has 0 saturated carbocycles.